The standard InChI is InChI=1S/C20H25N5O/c1-15-5-3-7-18-19(15)16(13-25-18)8-10-23-20(21-2)24-11-12-26-17-6-4-9-22-14-17/h3-7,9,13-14,25H,8,10-12H2,1-2H3,(H2,21,23,24). The van der Waals surface area contributed by atoms with E-state index >= 15 is 0 Å². The number of benzene rings is 1. The number of H-pyrrole nitrogens is 1. The molecule has 3 aromatic rings. The van der Waals surface area contributed by atoms with Gasteiger partial charge >= 0.3 is 0 Å². The second-order valence-electron chi connectivity index (χ2n) is 6.02. The lowest BCUT2D eigenvalue weighted by Gasteiger charge is -2.12. The molecule has 0 atom stereocenters. The molecule has 0 saturated carbocycles. The third-order valence-corrected chi connectivity index (χ3v) is 4.20. The minimum absolute atomic E-state index is 0.550. The van der Waals surface area contributed by atoms with E-state index in [1.807, 2.05) is 12.1 Å². The van der Waals surface area contributed by atoms with Crippen molar-refractivity contribution < 1.29 is 4.74 Å². The highest BCUT2D eigenvalue weighted by Crippen LogP contribution is 2.22. The fourth-order valence-electron chi connectivity index (χ4n) is 2.96. The van der Waals surface area contributed by atoms with Crippen molar-refractivity contribution in [1.82, 2.24) is 20.6 Å². The average Bonchev–Trinajstić information content (AvgIpc) is 3.09. The van der Waals surface area contributed by atoms with Gasteiger partial charge in [0, 0.05) is 36.9 Å². The van der Waals surface area contributed by atoms with Crippen LogP contribution in [0.2, 0.25) is 0 Å². The lowest BCUT2D eigenvalue weighted by atomic mass is 10.1. The van der Waals surface area contributed by atoms with Crippen LogP contribution in [0.25, 0.3) is 10.9 Å². The Hall–Kier alpha value is -3.02. The maximum atomic E-state index is 5.61. The van der Waals surface area contributed by atoms with Gasteiger partial charge in [0.05, 0.1) is 12.7 Å². The molecular formula is C20H25N5O. The summed E-state index contributed by atoms with van der Waals surface area (Å²) in [6.45, 7) is 4.18. The average molecular weight is 351 g/mol. The molecule has 0 aliphatic rings. The predicted molar refractivity (Wildman–Crippen MR) is 106 cm³/mol. The van der Waals surface area contributed by atoms with Crippen molar-refractivity contribution in [2.45, 2.75) is 13.3 Å². The Morgan fingerprint density at radius 1 is 1.19 bits per heavy atom. The van der Waals surface area contributed by atoms with Crippen LogP contribution in [0.1, 0.15) is 11.1 Å². The number of pyridine rings is 1. The van der Waals surface area contributed by atoms with Gasteiger partial charge in [-0.2, -0.15) is 0 Å². The Kier molecular flexibility index (Phi) is 6.09. The third-order valence-electron chi connectivity index (χ3n) is 4.20. The number of aromatic amines is 1. The van der Waals surface area contributed by atoms with Crippen molar-refractivity contribution in [2.75, 3.05) is 26.7 Å². The summed E-state index contributed by atoms with van der Waals surface area (Å²) in [6.07, 6.45) is 6.46. The van der Waals surface area contributed by atoms with Crippen molar-refractivity contribution in [1.29, 1.82) is 0 Å². The largest absolute Gasteiger partial charge is 0.490 e. The summed E-state index contributed by atoms with van der Waals surface area (Å²) in [4.78, 5) is 11.6. The zero-order chi connectivity index (χ0) is 18.2. The van der Waals surface area contributed by atoms with Crippen LogP contribution in [0, 0.1) is 6.92 Å². The number of guanidine groups is 1. The number of hydrogen-bond donors (Lipinski definition) is 3. The summed E-state index contributed by atoms with van der Waals surface area (Å²) >= 11 is 0. The van der Waals surface area contributed by atoms with Crippen LogP contribution >= 0.6 is 0 Å². The van der Waals surface area contributed by atoms with Gasteiger partial charge in [0.15, 0.2) is 5.96 Å². The normalized spacial score (nSPS) is 11.5. The number of nitrogens with zero attached hydrogens (tertiary/aromatic N) is 2. The maximum absolute atomic E-state index is 5.61. The van der Waals surface area contributed by atoms with Gasteiger partial charge in [-0.1, -0.05) is 12.1 Å². The second-order valence-corrected chi connectivity index (χ2v) is 6.02. The molecule has 1 aromatic carbocycles. The zero-order valence-corrected chi connectivity index (χ0v) is 15.2. The van der Waals surface area contributed by atoms with Crippen molar-refractivity contribution in [3.05, 3.63) is 60.0 Å². The SMILES string of the molecule is CN=C(NCCOc1cccnc1)NCCc1c[nH]c2cccc(C)c12. The van der Waals surface area contributed by atoms with Crippen LogP contribution in [0.5, 0.6) is 5.75 Å². The highest BCUT2D eigenvalue weighted by Gasteiger charge is 2.06. The summed E-state index contributed by atoms with van der Waals surface area (Å²) in [5.41, 5.74) is 3.81. The van der Waals surface area contributed by atoms with Crippen molar-refractivity contribution in [2.24, 2.45) is 4.99 Å². The molecule has 0 amide bonds. The lowest BCUT2D eigenvalue weighted by molar-refractivity contribution is 0.320. The van der Waals surface area contributed by atoms with Gasteiger partial charge in [-0.05, 0) is 42.7 Å². The molecule has 26 heavy (non-hydrogen) atoms. The quantitative estimate of drug-likeness (QED) is 0.348. The van der Waals surface area contributed by atoms with Crippen LogP contribution < -0.4 is 15.4 Å². The zero-order valence-electron chi connectivity index (χ0n) is 15.2. The van der Waals surface area contributed by atoms with E-state index in [0.717, 1.165) is 24.7 Å². The van der Waals surface area contributed by atoms with Gasteiger partial charge in [0.25, 0.3) is 0 Å². The van der Waals surface area contributed by atoms with Crippen LogP contribution in [0.4, 0.5) is 0 Å². The summed E-state index contributed by atoms with van der Waals surface area (Å²) in [5.74, 6) is 1.54. The van der Waals surface area contributed by atoms with E-state index in [4.69, 9.17) is 4.74 Å². The molecule has 3 rings (SSSR count). The van der Waals surface area contributed by atoms with Gasteiger partial charge in [-0.25, -0.2) is 0 Å². The molecule has 0 unspecified atom stereocenters. The number of aryl methyl sites for hydroxylation is 1. The van der Waals surface area contributed by atoms with E-state index in [0.29, 0.717) is 13.2 Å². The third kappa shape index (κ3) is 4.53. The highest BCUT2D eigenvalue weighted by atomic mass is 16.5. The fourth-order valence-corrected chi connectivity index (χ4v) is 2.96. The van der Waals surface area contributed by atoms with Crippen molar-refractivity contribution >= 4 is 16.9 Å². The minimum Gasteiger partial charge on any atom is -0.490 e. The van der Waals surface area contributed by atoms with Crippen molar-refractivity contribution in [3.8, 4) is 5.75 Å². The van der Waals surface area contributed by atoms with Gasteiger partial charge in [0.2, 0.25) is 0 Å². The predicted octanol–water partition coefficient (Wildman–Crippen LogP) is 2.66. The minimum atomic E-state index is 0.550. The van der Waals surface area contributed by atoms with E-state index in [9.17, 15) is 0 Å². The first kappa shape index (κ1) is 17.8. The highest BCUT2D eigenvalue weighted by molar-refractivity contribution is 5.86. The molecule has 2 aromatic heterocycles. The lowest BCUT2D eigenvalue weighted by Crippen LogP contribution is -2.40. The Morgan fingerprint density at radius 2 is 2.08 bits per heavy atom. The first-order valence-electron chi connectivity index (χ1n) is 8.81. The van der Waals surface area contributed by atoms with Gasteiger partial charge in [-0.3, -0.25) is 9.98 Å². The molecule has 6 heteroatoms. The van der Waals surface area contributed by atoms with Crippen LogP contribution in [0.3, 0.4) is 0 Å². The van der Waals surface area contributed by atoms with E-state index in [2.05, 4.69) is 56.9 Å². The molecule has 0 spiro atoms. The molecule has 0 saturated heterocycles. The molecule has 0 bridgehead atoms. The number of aliphatic imine (C=N–C) groups is 1. The van der Waals surface area contributed by atoms with Gasteiger partial charge in [0.1, 0.15) is 12.4 Å². The number of aromatic nitrogens is 2. The molecule has 0 radical (unpaired) electrons. The first-order chi connectivity index (χ1) is 12.8. The second kappa shape index (κ2) is 8.89. The molecule has 6 nitrogen and oxygen atoms in total. The number of fused-ring (bicyclic) bond motifs is 1. The van der Waals surface area contributed by atoms with Crippen LogP contribution in [-0.4, -0.2) is 42.7 Å². The molecule has 3 N–H and O–H groups in total. The van der Waals surface area contributed by atoms with Crippen molar-refractivity contribution in [3.63, 3.8) is 0 Å². The molecule has 0 aliphatic heterocycles. The smallest absolute Gasteiger partial charge is 0.191 e. The van der Waals surface area contributed by atoms with Gasteiger partial charge in [-0.15, -0.1) is 0 Å². The molecule has 2 heterocycles. The first-order valence-corrected chi connectivity index (χ1v) is 8.81. The van der Waals surface area contributed by atoms with Crippen LogP contribution in [0.15, 0.2) is 53.9 Å². The van der Waals surface area contributed by atoms with E-state index in [1.165, 1.54) is 22.0 Å². The topological polar surface area (TPSA) is 74.3 Å². The van der Waals surface area contributed by atoms with E-state index < -0.39 is 0 Å². The molecule has 136 valence electrons. The Morgan fingerprint density at radius 3 is 2.88 bits per heavy atom. The fraction of sp³-hybridized carbons (Fsp3) is 0.300. The van der Waals surface area contributed by atoms with Gasteiger partial charge < -0.3 is 20.4 Å². The van der Waals surface area contributed by atoms with Crippen LogP contribution in [-0.2, 0) is 6.42 Å². The monoisotopic (exact) mass is 351 g/mol. The maximum Gasteiger partial charge on any atom is 0.191 e. The summed E-state index contributed by atoms with van der Waals surface area (Å²) in [6, 6.07) is 10.1. The van der Waals surface area contributed by atoms with E-state index in [1.54, 1.807) is 19.4 Å². The number of nitrogens with one attached hydrogen (secondary N) is 3. The number of hydrogen-bond acceptors (Lipinski definition) is 3. The molecule has 0 fully saturated rings. The summed E-state index contributed by atoms with van der Waals surface area (Å²) in [5, 5.41) is 7.92. The van der Waals surface area contributed by atoms with E-state index in [-0.39, 0.29) is 0 Å². The molecule has 0 aliphatic carbocycles. The Balaban J connectivity index is 1.42. The Bertz CT molecular complexity index is 857. The summed E-state index contributed by atoms with van der Waals surface area (Å²) in [7, 11) is 1.77. The Labute approximate surface area is 153 Å². The number of ether oxygens (including phenoxy) is 1. The molecular weight excluding hydrogens is 326 g/mol. The number of rotatable bonds is 7. The summed E-state index contributed by atoms with van der Waals surface area (Å²) < 4.78 is 5.61.